The van der Waals surface area contributed by atoms with Gasteiger partial charge in [-0.2, -0.15) is 0 Å². The van der Waals surface area contributed by atoms with Gasteiger partial charge in [0.2, 0.25) is 5.91 Å². The minimum atomic E-state index is -0.366. The molecule has 28 heavy (non-hydrogen) atoms. The molecule has 0 bridgehead atoms. The van der Waals surface area contributed by atoms with Gasteiger partial charge in [0, 0.05) is 19.3 Å². The zero-order chi connectivity index (χ0) is 19.9. The van der Waals surface area contributed by atoms with E-state index in [1.54, 1.807) is 11.1 Å². The summed E-state index contributed by atoms with van der Waals surface area (Å²) in [7, 11) is 0. The molecule has 3 rings (SSSR count). The van der Waals surface area contributed by atoms with Crippen LogP contribution in [0.2, 0.25) is 0 Å². The third-order valence-corrected chi connectivity index (χ3v) is 4.88. The monoisotopic (exact) mass is 383 g/mol. The molecule has 1 aromatic heterocycles. The number of esters is 1. The van der Waals surface area contributed by atoms with Crippen LogP contribution in [0.4, 0.5) is 0 Å². The number of hydrogen-bond donors (Lipinski definition) is 3. The van der Waals surface area contributed by atoms with Crippen LogP contribution < -0.4 is 11.5 Å². The smallest absolute Gasteiger partial charge is 0.355 e. The quantitative estimate of drug-likeness (QED) is 0.394. The normalized spacial score (nSPS) is 14.5. The van der Waals surface area contributed by atoms with Crippen LogP contribution in [-0.4, -0.2) is 47.4 Å². The number of nitrogens with zero attached hydrogens (tertiary/aromatic N) is 2. The van der Waals surface area contributed by atoms with Gasteiger partial charge in [0.15, 0.2) is 5.96 Å². The number of guanidine groups is 1. The van der Waals surface area contributed by atoms with Gasteiger partial charge in [0.05, 0.1) is 0 Å². The summed E-state index contributed by atoms with van der Waals surface area (Å²) >= 11 is 0. The lowest BCUT2D eigenvalue weighted by molar-refractivity contribution is -0.130. The minimum Gasteiger partial charge on any atom is -0.456 e. The second kappa shape index (κ2) is 9.07. The zero-order valence-corrected chi connectivity index (χ0v) is 15.6. The molecule has 1 aliphatic rings. The van der Waals surface area contributed by atoms with Crippen LogP contribution in [0.3, 0.4) is 0 Å². The fourth-order valence-corrected chi connectivity index (χ4v) is 3.39. The van der Waals surface area contributed by atoms with Crippen molar-refractivity contribution in [3.05, 3.63) is 59.4 Å². The van der Waals surface area contributed by atoms with Crippen LogP contribution in [0, 0.1) is 0 Å². The van der Waals surface area contributed by atoms with E-state index in [9.17, 15) is 9.59 Å². The molecule has 2 heterocycles. The van der Waals surface area contributed by atoms with Crippen LogP contribution in [-0.2, 0) is 16.1 Å². The predicted molar refractivity (Wildman–Crippen MR) is 106 cm³/mol. The molecule has 1 aliphatic heterocycles. The van der Waals surface area contributed by atoms with Crippen molar-refractivity contribution < 1.29 is 14.3 Å². The van der Waals surface area contributed by atoms with Crippen LogP contribution in [0.25, 0.3) is 0 Å². The van der Waals surface area contributed by atoms with E-state index in [2.05, 4.69) is 9.98 Å². The van der Waals surface area contributed by atoms with E-state index in [1.807, 2.05) is 36.4 Å². The van der Waals surface area contributed by atoms with Crippen molar-refractivity contribution in [2.75, 3.05) is 19.6 Å². The topological polar surface area (TPSA) is 127 Å². The van der Waals surface area contributed by atoms with E-state index in [-0.39, 0.29) is 36.9 Å². The Morgan fingerprint density at radius 1 is 1.14 bits per heavy atom. The Morgan fingerprint density at radius 3 is 2.54 bits per heavy atom. The summed E-state index contributed by atoms with van der Waals surface area (Å²) in [5.41, 5.74) is 12.9. The molecule has 1 aromatic carbocycles. The van der Waals surface area contributed by atoms with Crippen molar-refractivity contribution in [2.24, 2.45) is 16.5 Å². The Balaban J connectivity index is 1.56. The number of likely N-dealkylation sites (tertiary alicyclic amines) is 1. The highest BCUT2D eigenvalue weighted by Gasteiger charge is 2.27. The SMILES string of the molecule is NC(N)=NCC(=O)N1CCC(c2cc[nH]c2C(=O)OCc2ccccc2)CC1. The summed E-state index contributed by atoms with van der Waals surface area (Å²) in [4.78, 5) is 33.2. The molecule has 148 valence electrons. The average molecular weight is 383 g/mol. The summed E-state index contributed by atoms with van der Waals surface area (Å²) in [6, 6.07) is 11.5. The number of amides is 1. The maximum Gasteiger partial charge on any atom is 0.355 e. The molecule has 0 aliphatic carbocycles. The second-order valence-corrected chi connectivity index (χ2v) is 6.77. The molecular weight excluding hydrogens is 358 g/mol. The van der Waals surface area contributed by atoms with Crippen molar-refractivity contribution in [2.45, 2.75) is 25.4 Å². The first-order valence-electron chi connectivity index (χ1n) is 9.26. The summed E-state index contributed by atoms with van der Waals surface area (Å²) in [6.45, 7) is 1.41. The first-order valence-corrected chi connectivity index (χ1v) is 9.26. The largest absolute Gasteiger partial charge is 0.456 e. The Hall–Kier alpha value is -3.29. The van der Waals surface area contributed by atoms with Crippen LogP contribution >= 0.6 is 0 Å². The Labute approximate surface area is 163 Å². The average Bonchev–Trinajstić information content (AvgIpc) is 3.21. The van der Waals surface area contributed by atoms with E-state index in [0.717, 1.165) is 24.0 Å². The third kappa shape index (κ3) is 4.91. The number of ether oxygens (including phenoxy) is 1. The van der Waals surface area contributed by atoms with Crippen molar-refractivity contribution in [1.29, 1.82) is 0 Å². The number of nitrogens with one attached hydrogen (secondary N) is 1. The highest BCUT2D eigenvalue weighted by Crippen LogP contribution is 2.30. The predicted octanol–water partition coefficient (Wildman–Crippen LogP) is 1.35. The molecule has 8 heteroatoms. The van der Waals surface area contributed by atoms with Gasteiger partial charge in [-0.15, -0.1) is 0 Å². The molecule has 0 saturated carbocycles. The van der Waals surface area contributed by atoms with Gasteiger partial charge in [-0.05, 0) is 36.0 Å². The lowest BCUT2D eigenvalue weighted by atomic mass is 9.89. The number of carbonyl (C=O) groups is 2. The number of H-pyrrole nitrogens is 1. The number of piperidine rings is 1. The molecule has 1 fully saturated rings. The van der Waals surface area contributed by atoms with Gasteiger partial charge >= 0.3 is 5.97 Å². The lowest BCUT2D eigenvalue weighted by Gasteiger charge is -2.31. The third-order valence-electron chi connectivity index (χ3n) is 4.88. The maximum absolute atomic E-state index is 12.5. The Morgan fingerprint density at radius 2 is 1.86 bits per heavy atom. The first-order chi connectivity index (χ1) is 13.5. The summed E-state index contributed by atoms with van der Waals surface area (Å²) in [5, 5.41) is 0. The Kier molecular flexibility index (Phi) is 6.31. The molecule has 5 N–H and O–H groups in total. The number of nitrogens with two attached hydrogens (primary N) is 2. The number of aromatic nitrogens is 1. The van der Waals surface area contributed by atoms with E-state index >= 15 is 0 Å². The van der Waals surface area contributed by atoms with Crippen LogP contribution in [0.5, 0.6) is 0 Å². The molecule has 0 radical (unpaired) electrons. The molecular formula is C20H25N5O3. The zero-order valence-electron chi connectivity index (χ0n) is 15.6. The molecule has 0 spiro atoms. The number of aromatic amines is 1. The van der Waals surface area contributed by atoms with Crippen LogP contribution in [0.15, 0.2) is 47.6 Å². The molecule has 1 amide bonds. The molecule has 2 aromatic rings. The standard InChI is InChI=1S/C20H25N5O3/c21-20(22)24-12-17(26)25-10-7-15(8-11-25)16-6-9-23-18(16)19(27)28-13-14-4-2-1-3-5-14/h1-6,9,15,23H,7-8,10-13H2,(H4,21,22,24). The van der Waals surface area contributed by atoms with E-state index < -0.39 is 0 Å². The van der Waals surface area contributed by atoms with E-state index in [1.165, 1.54) is 0 Å². The fraction of sp³-hybridized carbons (Fsp3) is 0.350. The van der Waals surface area contributed by atoms with E-state index in [0.29, 0.717) is 18.8 Å². The Bertz CT molecular complexity index is 835. The summed E-state index contributed by atoms with van der Waals surface area (Å²) in [5.74, 6) is -0.356. The lowest BCUT2D eigenvalue weighted by Crippen LogP contribution is -2.40. The van der Waals surface area contributed by atoms with Crippen molar-refractivity contribution in [3.8, 4) is 0 Å². The van der Waals surface area contributed by atoms with Crippen molar-refractivity contribution in [3.63, 3.8) is 0 Å². The fourth-order valence-electron chi connectivity index (χ4n) is 3.39. The first kappa shape index (κ1) is 19.5. The number of aliphatic imine (C=N–C) groups is 1. The van der Waals surface area contributed by atoms with Gasteiger partial charge < -0.3 is 26.1 Å². The highest BCUT2D eigenvalue weighted by atomic mass is 16.5. The molecule has 0 unspecified atom stereocenters. The molecule has 8 nitrogen and oxygen atoms in total. The van der Waals surface area contributed by atoms with Gasteiger partial charge in [-0.25, -0.2) is 9.79 Å². The number of carbonyl (C=O) groups excluding carboxylic acids is 2. The van der Waals surface area contributed by atoms with Crippen molar-refractivity contribution in [1.82, 2.24) is 9.88 Å². The van der Waals surface area contributed by atoms with Gasteiger partial charge in [-0.3, -0.25) is 4.79 Å². The highest BCUT2D eigenvalue weighted by molar-refractivity contribution is 5.89. The number of hydrogen-bond acceptors (Lipinski definition) is 4. The minimum absolute atomic E-state index is 0.0335. The summed E-state index contributed by atoms with van der Waals surface area (Å²) in [6.07, 6.45) is 3.29. The van der Waals surface area contributed by atoms with Crippen LogP contribution in [0.1, 0.15) is 40.4 Å². The maximum atomic E-state index is 12.5. The van der Waals surface area contributed by atoms with E-state index in [4.69, 9.17) is 16.2 Å². The number of benzene rings is 1. The second-order valence-electron chi connectivity index (χ2n) is 6.77. The number of rotatable bonds is 6. The summed E-state index contributed by atoms with van der Waals surface area (Å²) < 4.78 is 5.44. The van der Waals surface area contributed by atoms with Gasteiger partial charge in [0.1, 0.15) is 18.8 Å². The van der Waals surface area contributed by atoms with Gasteiger partial charge in [0.25, 0.3) is 0 Å². The molecule has 1 saturated heterocycles. The van der Waals surface area contributed by atoms with Crippen molar-refractivity contribution >= 4 is 17.8 Å². The molecule has 0 atom stereocenters. The van der Waals surface area contributed by atoms with Gasteiger partial charge in [-0.1, -0.05) is 30.3 Å².